The lowest BCUT2D eigenvalue weighted by Crippen LogP contribution is -2.46. The quantitative estimate of drug-likeness (QED) is 0.567. The third kappa shape index (κ3) is 6.81. The molecule has 200 valence electrons. The zero-order valence-electron chi connectivity index (χ0n) is 22.7. The van der Waals surface area contributed by atoms with Crippen molar-refractivity contribution in [3.05, 3.63) is 59.2 Å². The molecule has 2 aliphatic heterocycles. The Balaban J connectivity index is 1.31. The van der Waals surface area contributed by atoms with E-state index in [1.54, 1.807) is 33.9 Å². The maximum atomic E-state index is 12.9. The molecule has 1 saturated heterocycles. The first kappa shape index (κ1) is 26.9. The molecule has 8 nitrogen and oxygen atoms in total. The van der Waals surface area contributed by atoms with Gasteiger partial charge in [0, 0.05) is 51.0 Å². The molecule has 2 heterocycles. The summed E-state index contributed by atoms with van der Waals surface area (Å²) in [5, 5.41) is 0. The molecule has 0 bridgehead atoms. The third-order valence-corrected chi connectivity index (χ3v) is 6.92. The van der Waals surface area contributed by atoms with Crippen LogP contribution in [0.25, 0.3) is 0 Å². The molecule has 0 saturated carbocycles. The first-order valence-corrected chi connectivity index (χ1v) is 13.0. The first-order chi connectivity index (χ1) is 17.6. The molecule has 37 heavy (non-hydrogen) atoms. The van der Waals surface area contributed by atoms with Crippen LogP contribution in [0.5, 0.6) is 5.75 Å². The fourth-order valence-corrected chi connectivity index (χ4v) is 4.84. The van der Waals surface area contributed by atoms with Crippen LogP contribution in [0.2, 0.25) is 0 Å². The third-order valence-electron chi connectivity index (χ3n) is 6.92. The number of rotatable bonds is 6. The van der Waals surface area contributed by atoms with Gasteiger partial charge < -0.3 is 19.1 Å². The van der Waals surface area contributed by atoms with Crippen LogP contribution >= 0.6 is 0 Å². The monoisotopic (exact) mass is 509 g/mol. The minimum atomic E-state index is -0.658. The lowest BCUT2D eigenvalue weighted by atomic mass is 9.93. The summed E-state index contributed by atoms with van der Waals surface area (Å²) < 4.78 is 16.7. The second-order valence-corrected chi connectivity index (χ2v) is 10.7. The van der Waals surface area contributed by atoms with Crippen molar-refractivity contribution in [3.63, 3.8) is 0 Å². The largest absolute Gasteiger partial charge is 0.497 e. The zero-order chi connectivity index (χ0) is 26.6. The van der Waals surface area contributed by atoms with Gasteiger partial charge in [-0.3, -0.25) is 9.69 Å². The van der Waals surface area contributed by atoms with Crippen LogP contribution in [-0.4, -0.2) is 80.9 Å². The molecule has 2 amide bonds. The maximum absolute atomic E-state index is 12.9. The van der Waals surface area contributed by atoms with E-state index in [0.717, 1.165) is 67.3 Å². The van der Waals surface area contributed by atoms with Crippen LogP contribution in [0.4, 0.5) is 10.5 Å². The number of benzene rings is 2. The zero-order valence-corrected chi connectivity index (χ0v) is 22.7. The fraction of sp³-hybridized carbons (Fsp3) is 0.517. The van der Waals surface area contributed by atoms with E-state index in [0.29, 0.717) is 12.2 Å². The summed E-state index contributed by atoms with van der Waals surface area (Å²) in [5.74, 6) is 0.511. The number of piperazine rings is 1. The van der Waals surface area contributed by atoms with Crippen molar-refractivity contribution >= 4 is 17.7 Å². The highest BCUT2D eigenvalue weighted by atomic mass is 16.6. The van der Waals surface area contributed by atoms with Crippen molar-refractivity contribution in [1.29, 1.82) is 0 Å². The molecule has 1 atom stereocenters. The number of nitrogens with zero attached hydrogens (tertiary/aromatic N) is 3. The van der Waals surface area contributed by atoms with E-state index in [2.05, 4.69) is 21.9 Å². The van der Waals surface area contributed by atoms with Crippen LogP contribution in [0.15, 0.2) is 42.5 Å². The maximum Gasteiger partial charge on any atom is 0.417 e. The smallest absolute Gasteiger partial charge is 0.417 e. The Labute approximate surface area is 220 Å². The van der Waals surface area contributed by atoms with E-state index >= 15 is 0 Å². The normalized spacial score (nSPS) is 18.2. The van der Waals surface area contributed by atoms with Gasteiger partial charge >= 0.3 is 6.09 Å². The van der Waals surface area contributed by atoms with Gasteiger partial charge in [0.1, 0.15) is 11.4 Å². The second kappa shape index (κ2) is 11.5. The van der Waals surface area contributed by atoms with Crippen LogP contribution in [0, 0.1) is 0 Å². The van der Waals surface area contributed by atoms with Gasteiger partial charge in [-0.05, 0) is 81.1 Å². The number of carbonyl (C=O) groups excluding carboxylic acids is 2. The van der Waals surface area contributed by atoms with Crippen molar-refractivity contribution in [3.8, 4) is 5.75 Å². The predicted octanol–water partition coefficient (Wildman–Crippen LogP) is 4.53. The SMILES string of the molecule is COc1ccc(N2CCN(CC[C@@H]3OCCc4cc(C(=O)N(C)C(=O)OC(C)(C)C)ccc43)CC2)cc1. The first-order valence-electron chi connectivity index (χ1n) is 13.0. The van der Waals surface area contributed by atoms with Gasteiger partial charge in [-0.15, -0.1) is 0 Å². The Bertz CT molecular complexity index is 1090. The van der Waals surface area contributed by atoms with Crippen LogP contribution in [-0.2, 0) is 15.9 Å². The summed E-state index contributed by atoms with van der Waals surface area (Å²) in [6, 6.07) is 13.9. The van der Waals surface area contributed by atoms with E-state index in [1.165, 1.54) is 12.7 Å². The van der Waals surface area contributed by atoms with E-state index in [1.807, 2.05) is 24.3 Å². The molecule has 2 aromatic carbocycles. The number of methoxy groups -OCH3 is 1. The van der Waals surface area contributed by atoms with Crippen LogP contribution in [0.3, 0.4) is 0 Å². The molecule has 0 spiro atoms. The Morgan fingerprint density at radius 1 is 1.05 bits per heavy atom. The summed E-state index contributed by atoms with van der Waals surface area (Å²) in [5.41, 5.74) is 3.31. The summed E-state index contributed by atoms with van der Waals surface area (Å²) in [7, 11) is 3.14. The Kier molecular flexibility index (Phi) is 8.39. The number of amides is 2. The summed E-state index contributed by atoms with van der Waals surface area (Å²) in [4.78, 5) is 31.2. The number of fused-ring (bicyclic) bond motifs is 1. The van der Waals surface area contributed by atoms with Gasteiger partial charge in [0.2, 0.25) is 0 Å². The summed E-state index contributed by atoms with van der Waals surface area (Å²) in [6.45, 7) is 10.9. The second-order valence-electron chi connectivity index (χ2n) is 10.7. The van der Waals surface area contributed by atoms with Crippen LogP contribution in [0.1, 0.15) is 54.8 Å². The molecule has 1 fully saturated rings. The highest BCUT2D eigenvalue weighted by Gasteiger charge is 2.27. The lowest BCUT2D eigenvalue weighted by molar-refractivity contribution is 0.0273. The van der Waals surface area contributed by atoms with Gasteiger partial charge in [-0.2, -0.15) is 0 Å². The topological polar surface area (TPSA) is 71.6 Å². The molecule has 0 N–H and O–H groups in total. The van der Waals surface area contributed by atoms with E-state index in [4.69, 9.17) is 14.2 Å². The Hall–Kier alpha value is -3.10. The lowest BCUT2D eigenvalue weighted by Gasteiger charge is -2.37. The van der Waals surface area contributed by atoms with Gasteiger partial charge in [-0.25, -0.2) is 9.69 Å². The minimum absolute atomic E-state index is 0.0103. The predicted molar refractivity (Wildman–Crippen MR) is 143 cm³/mol. The van der Waals surface area contributed by atoms with E-state index in [9.17, 15) is 9.59 Å². The van der Waals surface area contributed by atoms with Crippen molar-refractivity contribution in [1.82, 2.24) is 9.80 Å². The van der Waals surface area contributed by atoms with Crippen molar-refractivity contribution in [2.24, 2.45) is 0 Å². The van der Waals surface area contributed by atoms with Gasteiger partial charge in [0.15, 0.2) is 0 Å². The average Bonchev–Trinajstić information content (AvgIpc) is 2.90. The molecule has 0 aromatic heterocycles. The Morgan fingerprint density at radius 2 is 1.76 bits per heavy atom. The van der Waals surface area contributed by atoms with Gasteiger partial charge in [0.25, 0.3) is 5.91 Å². The van der Waals surface area contributed by atoms with Gasteiger partial charge in [0.05, 0.1) is 19.8 Å². The highest BCUT2D eigenvalue weighted by molar-refractivity contribution is 6.02. The van der Waals surface area contributed by atoms with Crippen molar-refractivity contribution in [2.45, 2.75) is 45.3 Å². The molecular formula is C29H39N3O5. The summed E-state index contributed by atoms with van der Waals surface area (Å²) >= 11 is 0. The Morgan fingerprint density at radius 3 is 2.41 bits per heavy atom. The minimum Gasteiger partial charge on any atom is -0.497 e. The van der Waals surface area contributed by atoms with Crippen LogP contribution < -0.4 is 9.64 Å². The molecule has 0 unspecified atom stereocenters. The highest BCUT2D eigenvalue weighted by Crippen LogP contribution is 2.31. The molecule has 4 rings (SSSR count). The fourth-order valence-electron chi connectivity index (χ4n) is 4.84. The number of imide groups is 1. The molecule has 2 aromatic rings. The summed E-state index contributed by atoms with van der Waals surface area (Å²) in [6.07, 6.45) is 1.02. The molecular weight excluding hydrogens is 470 g/mol. The van der Waals surface area contributed by atoms with E-state index < -0.39 is 11.7 Å². The number of anilines is 1. The number of carbonyl (C=O) groups is 2. The molecule has 2 aliphatic rings. The average molecular weight is 510 g/mol. The number of hydrogen-bond acceptors (Lipinski definition) is 7. The van der Waals surface area contributed by atoms with Gasteiger partial charge in [-0.1, -0.05) is 6.07 Å². The standard InChI is InChI=1S/C29H39N3O5/c1-29(2,3)37-28(34)30(4)27(33)22-6-11-25-21(20-22)13-19-36-26(25)12-14-31-15-17-32(18-16-31)23-7-9-24(35-5)10-8-23/h6-11,20,26H,12-19H2,1-5H3/t26-/m0/s1. The molecule has 0 aliphatic carbocycles. The molecule has 0 radical (unpaired) electrons. The van der Waals surface area contributed by atoms with Crippen molar-refractivity contribution in [2.75, 3.05) is 58.4 Å². The van der Waals surface area contributed by atoms with Crippen molar-refractivity contribution < 1.29 is 23.8 Å². The number of ether oxygens (including phenoxy) is 3. The van der Waals surface area contributed by atoms with E-state index in [-0.39, 0.29) is 12.0 Å². The number of hydrogen-bond donors (Lipinski definition) is 0. The molecule has 8 heteroatoms.